The van der Waals surface area contributed by atoms with Gasteiger partial charge in [-0.05, 0) is 6.42 Å². The van der Waals surface area contributed by atoms with Crippen molar-refractivity contribution in [2.45, 2.75) is 83.5 Å². The van der Waals surface area contributed by atoms with Crippen LogP contribution in [0.2, 0.25) is 0 Å². The van der Waals surface area contributed by atoms with E-state index in [1.807, 2.05) is 0 Å². The van der Waals surface area contributed by atoms with Gasteiger partial charge in [-0.25, -0.2) is 0 Å². The van der Waals surface area contributed by atoms with Gasteiger partial charge in [0.25, 0.3) is 0 Å². The van der Waals surface area contributed by atoms with Gasteiger partial charge in [0.15, 0.2) is 0 Å². The van der Waals surface area contributed by atoms with Gasteiger partial charge in [-0.2, -0.15) is 0 Å². The molecule has 0 atom stereocenters. The van der Waals surface area contributed by atoms with Gasteiger partial charge in [0.2, 0.25) is 0 Å². The first kappa shape index (κ1) is 13.7. The van der Waals surface area contributed by atoms with Crippen LogP contribution in [0.5, 0.6) is 0 Å². The Morgan fingerprint density at radius 1 is 0.706 bits per heavy atom. The van der Waals surface area contributed by atoms with Gasteiger partial charge in [0.1, 0.15) is 0 Å². The Morgan fingerprint density at radius 2 is 1.18 bits per heavy atom. The lowest BCUT2D eigenvalue weighted by atomic mass is 10.1. The average Bonchev–Trinajstić information content (AvgIpc) is 2.21. The Kier molecular flexibility index (Phi) is 5.68. The molecule has 0 amide bonds. The standard InChI is InChI=1S/C13H25O3P/c1-2-3-4-5-6-7-8-9-10-11-12-13-14-17(15-13)16-13/h2-12H2,1H3. The molecule has 0 unspecified atom stereocenters. The van der Waals surface area contributed by atoms with Crippen LogP contribution in [0.15, 0.2) is 0 Å². The Morgan fingerprint density at radius 3 is 1.59 bits per heavy atom. The summed E-state index contributed by atoms with van der Waals surface area (Å²) >= 11 is 0. The Bertz CT molecular complexity index is 206. The fraction of sp³-hybridized carbons (Fsp3) is 1.00. The third-order valence-electron chi connectivity index (χ3n) is 3.48. The topological polar surface area (TPSA) is 27.7 Å². The first-order valence-electron chi connectivity index (χ1n) is 7.22. The van der Waals surface area contributed by atoms with Gasteiger partial charge in [-0.3, -0.25) is 13.6 Å². The normalized spacial score (nSPS) is 29.8. The van der Waals surface area contributed by atoms with Crippen molar-refractivity contribution >= 4 is 8.60 Å². The van der Waals surface area contributed by atoms with E-state index in [-0.39, 0.29) is 0 Å². The summed E-state index contributed by atoms with van der Waals surface area (Å²) < 4.78 is 16.0. The summed E-state index contributed by atoms with van der Waals surface area (Å²) in [5, 5.41) is 0. The van der Waals surface area contributed by atoms with Crippen molar-refractivity contribution in [3.63, 3.8) is 0 Å². The maximum atomic E-state index is 5.32. The quantitative estimate of drug-likeness (QED) is 0.375. The lowest BCUT2D eigenvalue weighted by Crippen LogP contribution is -2.54. The van der Waals surface area contributed by atoms with Gasteiger partial charge in [-0.15, -0.1) is 0 Å². The smallest absolute Gasteiger partial charge is 0.252 e. The fourth-order valence-electron chi connectivity index (χ4n) is 2.33. The molecule has 100 valence electrons. The Balaban J connectivity index is 1.28. The summed E-state index contributed by atoms with van der Waals surface area (Å²) in [6.07, 6.45) is 14.5. The van der Waals surface area contributed by atoms with Crippen LogP contribution in [-0.2, 0) is 13.6 Å². The van der Waals surface area contributed by atoms with Gasteiger partial charge in [0, 0.05) is 6.42 Å². The molecule has 2 bridgehead atoms. The third kappa shape index (κ3) is 4.17. The third-order valence-corrected chi connectivity index (χ3v) is 4.76. The molecule has 0 saturated carbocycles. The van der Waals surface area contributed by atoms with Crippen molar-refractivity contribution in [3.8, 4) is 0 Å². The molecule has 3 saturated heterocycles. The van der Waals surface area contributed by atoms with Crippen molar-refractivity contribution < 1.29 is 13.6 Å². The summed E-state index contributed by atoms with van der Waals surface area (Å²) in [6, 6.07) is 0. The van der Waals surface area contributed by atoms with E-state index < -0.39 is 14.6 Å². The molecular weight excluding hydrogens is 235 g/mol. The first-order chi connectivity index (χ1) is 8.35. The molecule has 0 aliphatic carbocycles. The maximum absolute atomic E-state index is 5.32. The zero-order chi connectivity index (χ0) is 12.0. The molecule has 3 nitrogen and oxygen atoms in total. The van der Waals surface area contributed by atoms with Crippen molar-refractivity contribution in [2.75, 3.05) is 0 Å². The number of hydrogen-bond acceptors (Lipinski definition) is 3. The second kappa shape index (κ2) is 7.04. The number of rotatable bonds is 11. The lowest BCUT2D eigenvalue weighted by molar-refractivity contribution is -0.413. The minimum atomic E-state index is -0.861. The van der Waals surface area contributed by atoms with Crippen molar-refractivity contribution in [1.29, 1.82) is 0 Å². The largest absolute Gasteiger partial charge is 0.346 e. The molecule has 0 radical (unpaired) electrons. The SMILES string of the molecule is CCCCCCCCCCCCC12OP(O1)O2. The average molecular weight is 260 g/mol. The van der Waals surface area contributed by atoms with E-state index in [9.17, 15) is 0 Å². The second-order valence-corrected chi connectivity index (χ2v) is 6.11. The molecular formula is C13H25O3P. The van der Waals surface area contributed by atoms with Crippen molar-refractivity contribution in [1.82, 2.24) is 0 Å². The maximum Gasteiger partial charge on any atom is 0.346 e. The van der Waals surface area contributed by atoms with Gasteiger partial charge < -0.3 is 0 Å². The van der Waals surface area contributed by atoms with E-state index in [1.165, 1.54) is 64.2 Å². The summed E-state index contributed by atoms with van der Waals surface area (Å²) in [5.74, 6) is -0.564. The Hall–Kier alpha value is 0.310. The second-order valence-electron chi connectivity index (χ2n) is 5.11. The molecule has 3 rings (SSSR count). The summed E-state index contributed by atoms with van der Waals surface area (Å²) in [7, 11) is -0.861. The van der Waals surface area contributed by atoms with E-state index in [4.69, 9.17) is 13.6 Å². The highest BCUT2D eigenvalue weighted by Crippen LogP contribution is 2.74. The van der Waals surface area contributed by atoms with E-state index in [0.717, 1.165) is 6.42 Å². The van der Waals surface area contributed by atoms with Gasteiger partial charge in [0.05, 0.1) is 0 Å². The predicted octanol–water partition coefficient (Wildman–Crippen LogP) is 5.26. The van der Waals surface area contributed by atoms with Crippen LogP contribution >= 0.6 is 8.60 Å². The van der Waals surface area contributed by atoms with E-state index in [0.29, 0.717) is 0 Å². The van der Waals surface area contributed by atoms with Crippen LogP contribution in [0, 0.1) is 0 Å². The minimum absolute atomic E-state index is 0.564. The lowest BCUT2D eigenvalue weighted by Gasteiger charge is -2.55. The molecule has 4 heteroatoms. The van der Waals surface area contributed by atoms with Crippen LogP contribution in [0.25, 0.3) is 0 Å². The highest BCUT2D eigenvalue weighted by molar-refractivity contribution is 7.45. The molecule has 0 aromatic rings. The highest BCUT2D eigenvalue weighted by Gasteiger charge is 2.65. The van der Waals surface area contributed by atoms with Crippen LogP contribution in [0.1, 0.15) is 77.6 Å². The zero-order valence-electron chi connectivity index (χ0n) is 11.0. The molecule has 3 heterocycles. The minimum Gasteiger partial charge on any atom is -0.252 e. The molecule has 3 aliphatic heterocycles. The molecule has 0 aromatic heterocycles. The fourth-order valence-corrected chi connectivity index (χ4v) is 3.32. The van der Waals surface area contributed by atoms with E-state index in [1.54, 1.807) is 0 Å². The molecule has 3 fully saturated rings. The van der Waals surface area contributed by atoms with E-state index in [2.05, 4.69) is 6.92 Å². The molecule has 0 aromatic carbocycles. The van der Waals surface area contributed by atoms with Crippen molar-refractivity contribution in [3.05, 3.63) is 0 Å². The molecule has 0 N–H and O–H groups in total. The molecule has 3 aliphatic rings. The predicted molar refractivity (Wildman–Crippen MR) is 69.4 cm³/mol. The number of hydrogen-bond donors (Lipinski definition) is 0. The van der Waals surface area contributed by atoms with Crippen LogP contribution in [0.3, 0.4) is 0 Å². The van der Waals surface area contributed by atoms with Crippen molar-refractivity contribution in [2.24, 2.45) is 0 Å². The summed E-state index contributed by atoms with van der Waals surface area (Å²) in [5.41, 5.74) is 0. The first-order valence-corrected chi connectivity index (χ1v) is 8.32. The van der Waals surface area contributed by atoms with E-state index >= 15 is 0 Å². The van der Waals surface area contributed by atoms with Gasteiger partial charge in [-0.1, -0.05) is 64.7 Å². The summed E-state index contributed by atoms with van der Waals surface area (Å²) in [6.45, 7) is 2.27. The monoisotopic (exact) mass is 260 g/mol. The Labute approximate surface area is 106 Å². The van der Waals surface area contributed by atoms with Crippen LogP contribution in [0.4, 0.5) is 0 Å². The zero-order valence-corrected chi connectivity index (χ0v) is 11.8. The molecule has 17 heavy (non-hydrogen) atoms. The van der Waals surface area contributed by atoms with Crippen LogP contribution < -0.4 is 0 Å². The summed E-state index contributed by atoms with van der Waals surface area (Å²) in [4.78, 5) is 0. The molecule has 0 spiro atoms. The van der Waals surface area contributed by atoms with Gasteiger partial charge >= 0.3 is 14.6 Å². The van der Waals surface area contributed by atoms with Crippen LogP contribution in [-0.4, -0.2) is 5.97 Å². The number of unbranched alkanes of at least 4 members (excludes halogenated alkanes) is 9. The highest BCUT2D eigenvalue weighted by atomic mass is 31.2.